The summed E-state index contributed by atoms with van der Waals surface area (Å²) in [5.41, 5.74) is 3.54. The standard InChI is InChI=1S/C21H26N2O2S/c1-4-18-15(3)12-19(26-18)21(25)22-13-20(24)23-11-5-6-17(23)16-9-7-14(2)8-10-16/h7-10,12,17H,4-6,11,13H2,1-3H3,(H,22,25). The average molecular weight is 371 g/mol. The Hall–Kier alpha value is -2.14. The maximum atomic E-state index is 12.7. The van der Waals surface area contributed by atoms with Crippen LogP contribution in [0.3, 0.4) is 0 Å². The molecular weight excluding hydrogens is 344 g/mol. The highest BCUT2D eigenvalue weighted by atomic mass is 32.1. The van der Waals surface area contributed by atoms with E-state index in [1.165, 1.54) is 27.3 Å². The Bertz CT molecular complexity index is 795. The van der Waals surface area contributed by atoms with Gasteiger partial charge in [-0.1, -0.05) is 36.8 Å². The summed E-state index contributed by atoms with van der Waals surface area (Å²) < 4.78 is 0. The van der Waals surface area contributed by atoms with Crippen LogP contribution in [-0.4, -0.2) is 29.8 Å². The van der Waals surface area contributed by atoms with Crippen molar-refractivity contribution in [2.24, 2.45) is 0 Å². The predicted molar refractivity (Wildman–Crippen MR) is 106 cm³/mol. The minimum Gasteiger partial charge on any atom is -0.342 e. The molecule has 5 heteroatoms. The molecule has 1 aromatic carbocycles. The average Bonchev–Trinajstić information content (AvgIpc) is 3.26. The molecule has 0 bridgehead atoms. The summed E-state index contributed by atoms with van der Waals surface area (Å²) in [6, 6.07) is 10.4. The minimum absolute atomic E-state index is 0.00887. The Labute approximate surface area is 159 Å². The molecule has 1 aliphatic rings. The number of hydrogen-bond donors (Lipinski definition) is 1. The Morgan fingerprint density at radius 1 is 1.23 bits per heavy atom. The van der Waals surface area contributed by atoms with Crippen molar-refractivity contribution in [3.8, 4) is 0 Å². The molecule has 0 aliphatic carbocycles. The summed E-state index contributed by atoms with van der Waals surface area (Å²) in [4.78, 5) is 28.8. The van der Waals surface area contributed by atoms with Crippen LogP contribution in [0, 0.1) is 13.8 Å². The quantitative estimate of drug-likeness (QED) is 0.864. The molecule has 2 heterocycles. The fourth-order valence-corrected chi connectivity index (χ4v) is 4.56. The molecule has 2 amide bonds. The van der Waals surface area contributed by atoms with E-state index in [1.54, 1.807) is 0 Å². The molecule has 0 radical (unpaired) electrons. The van der Waals surface area contributed by atoms with Gasteiger partial charge < -0.3 is 10.2 Å². The van der Waals surface area contributed by atoms with E-state index in [-0.39, 0.29) is 24.4 Å². The van der Waals surface area contributed by atoms with Crippen LogP contribution in [0.1, 0.15) is 57.0 Å². The molecule has 4 nitrogen and oxygen atoms in total. The molecule has 1 unspecified atom stereocenters. The van der Waals surface area contributed by atoms with Gasteiger partial charge in [-0.2, -0.15) is 0 Å². The number of hydrogen-bond acceptors (Lipinski definition) is 3. The first-order chi connectivity index (χ1) is 12.5. The number of aryl methyl sites for hydroxylation is 3. The highest BCUT2D eigenvalue weighted by molar-refractivity contribution is 7.14. The van der Waals surface area contributed by atoms with E-state index in [9.17, 15) is 9.59 Å². The fourth-order valence-electron chi connectivity index (χ4n) is 3.53. The van der Waals surface area contributed by atoms with Gasteiger partial charge in [0.05, 0.1) is 17.5 Å². The lowest BCUT2D eigenvalue weighted by atomic mass is 10.0. The number of nitrogens with one attached hydrogen (secondary N) is 1. The van der Waals surface area contributed by atoms with E-state index in [0.29, 0.717) is 4.88 Å². The first-order valence-electron chi connectivity index (χ1n) is 9.23. The lowest BCUT2D eigenvalue weighted by Gasteiger charge is -2.25. The van der Waals surface area contributed by atoms with Crippen molar-refractivity contribution in [3.05, 3.63) is 56.8 Å². The SMILES string of the molecule is CCc1sc(C(=O)NCC(=O)N2CCCC2c2ccc(C)cc2)cc1C. The molecule has 1 N–H and O–H groups in total. The van der Waals surface area contributed by atoms with Gasteiger partial charge in [0.15, 0.2) is 0 Å². The zero-order valence-electron chi connectivity index (χ0n) is 15.7. The van der Waals surface area contributed by atoms with E-state index in [1.807, 2.05) is 17.9 Å². The molecule has 1 fully saturated rings. The van der Waals surface area contributed by atoms with E-state index in [2.05, 4.69) is 43.4 Å². The molecule has 1 atom stereocenters. The van der Waals surface area contributed by atoms with Crippen LogP contribution in [-0.2, 0) is 11.2 Å². The van der Waals surface area contributed by atoms with Gasteiger partial charge in [0.1, 0.15) is 0 Å². The number of benzene rings is 1. The van der Waals surface area contributed by atoms with Gasteiger partial charge in [0, 0.05) is 11.4 Å². The van der Waals surface area contributed by atoms with Crippen molar-refractivity contribution >= 4 is 23.2 Å². The molecule has 0 saturated carbocycles. The van der Waals surface area contributed by atoms with Crippen LogP contribution in [0.5, 0.6) is 0 Å². The number of rotatable bonds is 5. The summed E-state index contributed by atoms with van der Waals surface area (Å²) >= 11 is 1.51. The number of carbonyl (C=O) groups excluding carboxylic acids is 2. The highest BCUT2D eigenvalue weighted by Gasteiger charge is 2.29. The Morgan fingerprint density at radius 2 is 1.96 bits per heavy atom. The molecule has 138 valence electrons. The van der Waals surface area contributed by atoms with Gasteiger partial charge in [0.25, 0.3) is 5.91 Å². The predicted octanol–water partition coefficient (Wildman–Crippen LogP) is 4.02. The molecule has 26 heavy (non-hydrogen) atoms. The van der Waals surface area contributed by atoms with Crippen LogP contribution >= 0.6 is 11.3 Å². The molecule has 3 rings (SSSR count). The van der Waals surface area contributed by atoms with E-state index >= 15 is 0 Å². The summed E-state index contributed by atoms with van der Waals surface area (Å²) in [6.45, 7) is 6.98. The van der Waals surface area contributed by atoms with Gasteiger partial charge in [-0.15, -0.1) is 11.3 Å². The first-order valence-corrected chi connectivity index (χ1v) is 10.0. The van der Waals surface area contributed by atoms with Crippen LogP contribution in [0.2, 0.25) is 0 Å². The van der Waals surface area contributed by atoms with Crippen molar-refractivity contribution < 1.29 is 9.59 Å². The summed E-state index contributed by atoms with van der Waals surface area (Å²) in [5.74, 6) is -0.164. The van der Waals surface area contributed by atoms with Crippen LogP contribution in [0.4, 0.5) is 0 Å². The number of thiophene rings is 1. The van der Waals surface area contributed by atoms with Gasteiger partial charge >= 0.3 is 0 Å². The Morgan fingerprint density at radius 3 is 2.62 bits per heavy atom. The molecule has 1 aromatic heterocycles. The van der Waals surface area contributed by atoms with E-state index in [0.717, 1.165) is 31.4 Å². The third kappa shape index (κ3) is 3.98. The van der Waals surface area contributed by atoms with Gasteiger partial charge in [-0.3, -0.25) is 9.59 Å². The second-order valence-corrected chi connectivity index (χ2v) is 8.05. The number of amides is 2. The lowest BCUT2D eigenvalue weighted by Crippen LogP contribution is -2.39. The van der Waals surface area contributed by atoms with Gasteiger partial charge in [-0.05, 0) is 50.3 Å². The third-order valence-electron chi connectivity index (χ3n) is 5.00. The monoisotopic (exact) mass is 370 g/mol. The normalized spacial score (nSPS) is 16.7. The minimum atomic E-state index is -0.155. The van der Waals surface area contributed by atoms with Crippen molar-refractivity contribution in [2.75, 3.05) is 13.1 Å². The highest BCUT2D eigenvalue weighted by Crippen LogP contribution is 2.32. The van der Waals surface area contributed by atoms with Crippen LogP contribution in [0.15, 0.2) is 30.3 Å². The lowest BCUT2D eigenvalue weighted by molar-refractivity contribution is -0.131. The van der Waals surface area contributed by atoms with Gasteiger partial charge in [-0.25, -0.2) is 0 Å². The fraction of sp³-hybridized carbons (Fsp3) is 0.429. The topological polar surface area (TPSA) is 49.4 Å². The van der Waals surface area contributed by atoms with Crippen molar-refractivity contribution in [1.29, 1.82) is 0 Å². The molecule has 0 spiro atoms. The van der Waals surface area contributed by atoms with Crippen molar-refractivity contribution in [2.45, 2.75) is 46.1 Å². The summed E-state index contributed by atoms with van der Waals surface area (Å²) in [5, 5.41) is 2.80. The van der Waals surface area contributed by atoms with Crippen molar-refractivity contribution in [3.63, 3.8) is 0 Å². The maximum Gasteiger partial charge on any atom is 0.261 e. The smallest absolute Gasteiger partial charge is 0.261 e. The Kier molecular flexibility index (Phi) is 5.77. The number of carbonyl (C=O) groups is 2. The second kappa shape index (κ2) is 8.04. The zero-order chi connectivity index (χ0) is 18.7. The first kappa shape index (κ1) is 18.6. The second-order valence-electron chi connectivity index (χ2n) is 6.91. The number of likely N-dealkylation sites (tertiary alicyclic amines) is 1. The summed E-state index contributed by atoms with van der Waals surface area (Å²) in [6.07, 6.45) is 2.91. The zero-order valence-corrected chi connectivity index (χ0v) is 16.5. The molecule has 2 aromatic rings. The number of nitrogens with zero attached hydrogens (tertiary/aromatic N) is 1. The summed E-state index contributed by atoms with van der Waals surface area (Å²) in [7, 11) is 0. The Balaban J connectivity index is 1.61. The van der Waals surface area contributed by atoms with Gasteiger partial charge in [0.2, 0.25) is 5.91 Å². The van der Waals surface area contributed by atoms with E-state index in [4.69, 9.17) is 0 Å². The van der Waals surface area contributed by atoms with Crippen LogP contribution < -0.4 is 5.32 Å². The maximum absolute atomic E-state index is 12.7. The molecule has 1 saturated heterocycles. The molecular formula is C21H26N2O2S. The third-order valence-corrected chi connectivity index (χ3v) is 6.38. The molecule has 1 aliphatic heterocycles. The van der Waals surface area contributed by atoms with Crippen LogP contribution in [0.25, 0.3) is 0 Å². The largest absolute Gasteiger partial charge is 0.342 e. The van der Waals surface area contributed by atoms with E-state index < -0.39 is 0 Å². The van der Waals surface area contributed by atoms with Crippen molar-refractivity contribution in [1.82, 2.24) is 10.2 Å².